The van der Waals surface area contributed by atoms with Crippen molar-refractivity contribution in [2.24, 2.45) is 0 Å². The van der Waals surface area contributed by atoms with E-state index in [1.165, 1.54) is 24.8 Å². The number of aliphatic hydroxyl groups is 1. The molecule has 2 rings (SSSR count). The van der Waals surface area contributed by atoms with Crippen molar-refractivity contribution >= 4 is 23.4 Å². The molecule has 1 aromatic carbocycles. The molecule has 0 amide bonds. The van der Waals surface area contributed by atoms with Gasteiger partial charge in [0.1, 0.15) is 10.8 Å². The summed E-state index contributed by atoms with van der Waals surface area (Å²) in [5, 5.41) is 10.7. The van der Waals surface area contributed by atoms with Crippen molar-refractivity contribution in [2.75, 3.05) is 0 Å². The first-order valence-corrected chi connectivity index (χ1v) is 6.54. The quantitative estimate of drug-likeness (QED) is 0.921. The minimum Gasteiger partial charge on any atom is -0.389 e. The van der Waals surface area contributed by atoms with Crippen LogP contribution in [0.4, 0.5) is 4.39 Å². The molecule has 0 fully saturated rings. The second-order valence-corrected chi connectivity index (χ2v) is 5.16. The van der Waals surface area contributed by atoms with E-state index >= 15 is 0 Å². The molecule has 2 nitrogen and oxygen atoms in total. The van der Waals surface area contributed by atoms with Crippen LogP contribution in [0, 0.1) is 5.82 Å². The number of hydrogen-bond donors (Lipinski definition) is 1. The molecule has 0 radical (unpaired) electrons. The summed E-state index contributed by atoms with van der Waals surface area (Å²) in [5.74, 6) is -0.429. The average molecular weight is 284 g/mol. The van der Waals surface area contributed by atoms with E-state index < -0.39 is 11.9 Å². The van der Waals surface area contributed by atoms with E-state index in [0.29, 0.717) is 14.9 Å². The Labute approximate surface area is 114 Å². The van der Waals surface area contributed by atoms with Gasteiger partial charge in [-0.15, -0.1) is 0 Å². The Bertz CT molecular complexity index is 562. The molecule has 5 heteroatoms. The molecular formula is C13H11ClFNOS. The van der Waals surface area contributed by atoms with Gasteiger partial charge in [0.25, 0.3) is 0 Å². The van der Waals surface area contributed by atoms with E-state index in [1.54, 1.807) is 30.5 Å². The summed E-state index contributed by atoms with van der Waals surface area (Å²) in [7, 11) is 0. The first-order chi connectivity index (χ1) is 8.59. The summed E-state index contributed by atoms with van der Waals surface area (Å²) in [6.45, 7) is 1.53. The Balaban J connectivity index is 2.41. The summed E-state index contributed by atoms with van der Waals surface area (Å²) in [5.41, 5.74) is 0.268. The molecule has 1 aromatic heterocycles. The first kappa shape index (κ1) is 13.3. The zero-order valence-corrected chi connectivity index (χ0v) is 11.2. The lowest BCUT2D eigenvalue weighted by Crippen LogP contribution is -1.98. The highest BCUT2D eigenvalue weighted by molar-refractivity contribution is 7.99. The van der Waals surface area contributed by atoms with Crippen molar-refractivity contribution in [3.8, 4) is 0 Å². The van der Waals surface area contributed by atoms with Gasteiger partial charge in [-0.2, -0.15) is 0 Å². The molecule has 1 N–H and O–H groups in total. The van der Waals surface area contributed by atoms with Gasteiger partial charge in [0.05, 0.1) is 11.1 Å². The summed E-state index contributed by atoms with van der Waals surface area (Å²) < 4.78 is 13.7. The molecule has 0 saturated carbocycles. The molecule has 0 aliphatic heterocycles. The lowest BCUT2D eigenvalue weighted by molar-refractivity contribution is 0.191. The summed E-state index contributed by atoms with van der Waals surface area (Å²) in [6, 6.07) is 8.11. The lowest BCUT2D eigenvalue weighted by atomic mass is 10.1. The molecule has 94 valence electrons. The number of benzene rings is 1. The molecule has 1 heterocycles. The Hall–Kier alpha value is -1.10. The predicted octanol–water partition coefficient (Wildman–Crippen LogP) is 4.08. The van der Waals surface area contributed by atoms with E-state index in [2.05, 4.69) is 4.98 Å². The second-order valence-electron chi connectivity index (χ2n) is 3.72. The Morgan fingerprint density at radius 2 is 2.11 bits per heavy atom. The van der Waals surface area contributed by atoms with Gasteiger partial charge < -0.3 is 5.11 Å². The maximum absolute atomic E-state index is 13.7. The zero-order valence-electron chi connectivity index (χ0n) is 9.60. The minimum atomic E-state index is -0.879. The number of pyridine rings is 1. The van der Waals surface area contributed by atoms with Gasteiger partial charge in [0.2, 0.25) is 0 Å². The van der Waals surface area contributed by atoms with Crippen LogP contribution in [0.5, 0.6) is 0 Å². The monoisotopic (exact) mass is 283 g/mol. The van der Waals surface area contributed by atoms with E-state index in [-0.39, 0.29) is 5.56 Å². The fourth-order valence-corrected chi connectivity index (χ4v) is 2.81. The number of aromatic nitrogens is 1. The van der Waals surface area contributed by atoms with Gasteiger partial charge in [-0.05, 0) is 31.2 Å². The third-order valence-corrected chi connectivity index (χ3v) is 3.87. The SMILES string of the molecule is CC(O)c1c(F)cccc1Sc1ncccc1Cl. The van der Waals surface area contributed by atoms with Gasteiger partial charge in [-0.3, -0.25) is 0 Å². The summed E-state index contributed by atoms with van der Waals surface area (Å²) in [6.07, 6.45) is 0.742. The van der Waals surface area contributed by atoms with E-state index in [1.807, 2.05) is 0 Å². The molecule has 1 atom stereocenters. The van der Waals surface area contributed by atoms with E-state index in [4.69, 9.17) is 11.6 Å². The predicted molar refractivity (Wildman–Crippen MR) is 70.4 cm³/mol. The van der Waals surface area contributed by atoms with Crippen LogP contribution in [0.1, 0.15) is 18.6 Å². The first-order valence-electron chi connectivity index (χ1n) is 5.34. The van der Waals surface area contributed by atoms with Crippen LogP contribution in [0.3, 0.4) is 0 Å². The molecule has 0 saturated heterocycles. The van der Waals surface area contributed by atoms with Gasteiger partial charge in [0.15, 0.2) is 0 Å². The number of rotatable bonds is 3. The van der Waals surface area contributed by atoms with Crippen LogP contribution in [0.15, 0.2) is 46.5 Å². The van der Waals surface area contributed by atoms with Crippen molar-refractivity contribution in [1.29, 1.82) is 0 Å². The highest BCUT2D eigenvalue weighted by atomic mass is 35.5. The van der Waals surface area contributed by atoms with Crippen molar-refractivity contribution in [2.45, 2.75) is 22.9 Å². The molecule has 2 aromatic rings. The average Bonchev–Trinajstić information content (AvgIpc) is 2.31. The van der Waals surface area contributed by atoms with Crippen LogP contribution in [0.2, 0.25) is 5.02 Å². The highest BCUT2D eigenvalue weighted by Gasteiger charge is 2.15. The number of nitrogens with zero attached hydrogens (tertiary/aromatic N) is 1. The molecule has 18 heavy (non-hydrogen) atoms. The van der Waals surface area contributed by atoms with Crippen LogP contribution < -0.4 is 0 Å². The fraction of sp³-hybridized carbons (Fsp3) is 0.154. The highest BCUT2D eigenvalue weighted by Crippen LogP contribution is 2.36. The molecule has 1 unspecified atom stereocenters. The fourth-order valence-electron chi connectivity index (χ4n) is 1.56. The number of aliphatic hydroxyl groups excluding tert-OH is 1. The second kappa shape index (κ2) is 5.69. The normalized spacial score (nSPS) is 12.4. The van der Waals surface area contributed by atoms with Gasteiger partial charge in [-0.1, -0.05) is 29.4 Å². The van der Waals surface area contributed by atoms with Crippen molar-refractivity contribution in [3.63, 3.8) is 0 Å². The van der Waals surface area contributed by atoms with Crippen LogP contribution in [-0.2, 0) is 0 Å². The summed E-state index contributed by atoms with van der Waals surface area (Å²) >= 11 is 7.25. The number of hydrogen-bond acceptors (Lipinski definition) is 3. The molecular weight excluding hydrogens is 273 g/mol. The summed E-state index contributed by atoms with van der Waals surface area (Å²) in [4.78, 5) is 4.75. The Morgan fingerprint density at radius 1 is 1.33 bits per heavy atom. The third-order valence-electron chi connectivity index (χ3n) is 2.36. The Kier molecular flexibility index (Phi) is 4.22. The van der Waals surface area contributed by atoms with Crippen molar-refractivity contribution in [1.82, 2.24) is 4.98 Å². The van der Waals surface area contributed by atoms with Gasteiger partial charge in [0, 0.05) is 16.7 Å². The van der Waals surface area contributed by atoms with Crippen LogP contribution in [-0.4, -0.2) is 10.1 Å². The molecule has 0 aliphatic carbocycles. The third kappa shape index (κ3) is 2.83. The molecule has 0 bridgehead atoms. The van der Waals surface area contributed by atoms with Crippen LogP contribution >= 0.6 is 23.4 Å². The largest absolute Gasteiger partial charge is 0.389 e. The molecule has 0 aliphatic rings. The lowest BCUT2D eigenvalue weighted by Gasteiger charge is -2.12. The number of halogens is 2. The zero-order chi connectivity index (χ0) is 13.1. The van der Waals surface area contributed by atoms with Gasteiger partial charge in [-0.25, -0.2) is 9.37 Å². The maximum Gasteiger partial charge on any atom is 0.130 e. The van der Waals surface area contributed by atoms with Crippen molar-refractivity contribution in [3.05, 3.63) is 52.9 Å². The van der Waals surface area contributed by atoms with E-state index in [9.17, 15) is 9.50 Å². The maximum atomic E-state index is 13.7. The standard InChI is InChI=1S/C13H11ClFNOS/c1-8(17)12-10(15)5-2-6-11(12)18-13-9(14)4-3-7-16-13/h2-8,17H,1H3. The van der Waals surface area contributed by atoms with Gasteiger partial charge >= 0.3 is 0 Å². The Morgan fingerprint density at radius 3 is 2.78 bits per heavy atom. The smallest absolute Gasteiger partial charge is 0.130 e. The minimum absolute atomic E-state index is 0.268. The molecule has 0 spiro atoms. The van der Waals surface area contributed by atoms with E-state index in [0.717, 1.165) is 0 Å². The van der Waals surface area contributed by atoms with Crippen molar-refractivity contribution < 1.29 is 9.50 Å². The topological polar surface area (TPSA) is 33.1 Å². The van der Waals surface area contributed by atoms with Crippen LogP contribution in [0.25, 0.3) is 0 Å².